The number of nitrogens with one attached hydrogen (secondary N) is 3. The Kier molecular flexibility index (Phi) is 6.33. The lowest BCUT2D eigenvalue weighted by Crippen LogP contribution is -2.45. The molecular weight excluding hydrogens is 328 g/mol. The number of carbonyl (C=O) groups is 2. The van der Waals surface area contributed by atoms with Crippen LogP contribution in [-0.4, -0.2) is 35.9 Å². The van der Waals surface area contributed by atoms with Crippen molar-refractivity contribution in [2.24, 2.45) is 0 Å². The largest absolute Gasteiger partial charge is 0.347 e. The summed E-state index contributed by atoms with van der Waals surface area (Å²) in [5.74, 6) is -0.320. The summed E-state index contributed by atoms with van der Waals surface area (Å²) >= 11 is 0. The van der Waals surface area contributed by atoms with Crippen LogP contribution in [0.15, 0.2) is 54.7 Å². The number of rotatable bonds is 7. The first-order valence-electron chi connectivity index (χ1n) is 8.97. The summed E-state index contributed by atoms with van der Waals surface area (Å²) in [6.07, 6.45) is 4.15. The van der Waals surface area contributed by atoms with Gasteiger partial charge in [0, 0.05) is 18.3 Å². The summed E-state index contributed by atoms with van der Waals surface area (Å²) in [5, 5.41) is 8.86. The summed E-state index contributed by atoms with van der Waals surface area (Å²) in [5.41, 5.74) is 1.91. The van der Waals surface area contributed by atoms with Crippen molar-refractivity contribution in [2.45, 2.75) is 31.3 Å². The molecule has 1 aliphatic heterocycles. The first-order chi connectivity index (χ1) is 12.7. The van der Waals surface area contributed by atoms with Crippen molar-refractivity contribution >= 4 is 11.8 Å². The highest BCUT2D eigenvalue weighted by atomic mass is 16.2. The van der Waals surface area contributed by atoms with Gasteiger partial charge in [-0.05, 0) is 37.1 Å². The summed E-state index contributed by atoms with van der Waals surface area (Å²) in [7, 11) is 0. The smallest absolute Gasteiger partial charge is 0.239 e. The predicted octanol–water partition coefficient (Wildman–Crippen LogP) is 1.35. The Hall–Kier alpha value is -2.73. The van der Waals surface area contributed by atoms with Crippen LogP contribution in [0.3, 0.4) is 0 Å². The average molecular weight is 352 g/mol. The molecule has 0 aliphatic carbocycles. The number of carbonyl (C=O) groups excluding carboxylic acids is 2. The van der Waals surface area contributed by atoms with Gasteiger partial charge in [0.1, 0.15) is 0 Å². The Morgan fingerprint density at radius 3 is 2.65 bits per heavy atom. The fourth-order valence-corrected chi connectivity index (χ4v) is 3.11. The standard InChI is InChI=1S/C20H24N4O2/c25-19(14-23-20(26)17-10-6-12-22-17)24-18(15-7-2-1-3-8-15)13-16-9-4-5-11-21-16/h1-5,7-9,11,17-18,22H,6,10,12-14H2,(H,23,26)(H,24,25)/t17-,18?/m0/s1. The molecule has 3 N–H and O–H groups in total. The monoisotopic (exact) mass is 352 g/mol. The van der Waals surface area contributed by atoms with Crippen LogP contribution in [0.1, 0.15) is 30.1 Å². The van der Waals surface area contributed by atoms with Gasteiger partial charge in [0.25, 0.3) is 0 Å². The molecule has 1 aromatic carbocycles. The van der Waals surface area contributed by atoms with Crippen LogP contribution in [0.4, 0.5) is 0 Å². The molecular formula is C20H24N4O2. The molecule has 0 saturated carbocycles. The number of aromatic nitrogens is 1. The van der Waals surface area contributed by atoms with Crippen LogP contribution in [0.2, 0.25) is 0 Å². The van der Waals surface area contributed by atoms with Gasteiger partial charge in [-0.15, -0.1) is 0 Å². The van der Waals surface area contributed by atoms with Gasteiger partial charge < -0.3 is 16.0 Å². The molecule has 1 fully saturated rings. The number of hydrogen-bond donors (Lipinski definition) is 3. The van der Waals surface area contributed by atoms with E-state index < -0.39 is 0 Å². The van der Waals surface area contributed by atoms with E-state index in [-0.39, 0.29) is 30.4 Å². The molecule has 1 unspecified atom stereocenters. The normalized spacial score (nSPS) is 17.5. The summed E-state index contributed by atoms with van der Waals surface area (Å²) < 4.78 is 0. The van der Waals surface area contributed by atoms with Crippen molar-refractivity contribution < 1.29 is 9.59 Å². The second-order valence-corrected chi connectivity index (χ2v) is 6.42. The number of pyridine rings is 1. The lowest BCUT2D eigenvalue weighted by atomic mass is 10.0. The summed E-state index contributed by atoms with van der Waals surface area (Å²) in [6.45, 7) is 0.826. The molecule has 6 nitrogen and oxygen atoms in total. The van der Waals surface area contributed by atoms with Crippen molar-refractivity contribution in [1.82, 2.24) is 20.9 Å². The molecule has 26 heavy (non-hydrogen) atoms. The van der Waals surface area contributed by atoms with E-state index in [1.165, 1.54) is 0 Å². The van der Waals surface area contributed by atoms with Crippen LogP contribution in [-0.2, 0) is 16.0 Å². The van der Waals surface area contributed by atoms with Gasteiger partial charge in [0.15, 0.2) is 0 Å². The number of nitrogens with zero attached hydrogens (tertiary/aromatic N) is 1. The lowest BCUT2D eigenvalue weighted by molar-refractivity contribution is -0.127. The second kappa shape index (κ2) is 9.10. The minimum atomic E-state index is -0.207. The van der Waals surface area contributed by atoms with E-state index in [2.05, 4.69) is 20.9 Å². The Morgan fingerprint density at radius 1 is 1.15 bits per heavy atom. The van der Waals surface area contributed by atoms with Gasteiger partial charge in [-0.2, -0.15) is 0 Å². The Balaban J connectivity index is 1.59. The van der Waals surface area contributed by atoms with Gasteiger partial charge in [-0.3, -0.25) is 14.6 Å². The summed E-state index contributed by atoms with van der Waals surface area (Å²) in [4.78, 5) is 28.8. The maximum absolute atomic E-state index is 12.4. The van der Waals surface area contributed by atoms with E-state index in [9.17, 15) is 9.59 Å². The van der Waals surface area contributed by atoms with Gasteiger partial charge in [-0.1, -0.05) is 36.4 Å². The van der Waals surface area contributed by atoms with Crippen LogP contribution in [0, 0.1) is 0 Å². The van der Waals surface area contributed by atoms with E-state index in [0.717, 1.165) is 30.6 Å². The molecule has 3 rings (SSSR count). The maximum atomic E-state index is 12.4. The highest BCUT2D eigenvalue weighted by Crippen LogP contribution is 2.17. The van der Waals surface area contributed by atoms with Crippen LogP contribution in [0.5, 0.6) is 0 Å². The quantitative estimate of drug-likeness (QED) is 0.702. The molecule has 2 heterocycles. The molecule has 2 amide bonds. The molecule has 136 valence electrons. The minimum absolute atomic E-state index is 0.0252. The first kappa shape index (κ1) is 18.1. The molecule has 1 aromatic heterocycles. The van der Waals surface area contributed by atoms with Gasteiger partial charge in [0.2, 0.25) is 11.8 Å². The van der Waals surface area contributed by atoms with Gasteiger partial charge in [-0.25, -0.2) is 0 Å². The number of benzene rings is 1. The van der Waals surface area contributed by atoms with Crippen LogP contribution < -0.4 is 16.0 Å². The molecule has 2 atom stereocenters. The molecule has 1 saturated heterocycles. The molecule has 1 aliphatic rings. The van der Waals surface area contributed by atoms with Gasteiger partial charge >= 0.3 is 0 Å². The zero-order valence-corrected chi connectivity index (χ0v) is 14.7. The van der Waals surface area contributed by atoms with E-state index in [0.29, 0.717) is 6.42 Å². The zero-order chi connectivity index (χ0) is 18.2. The molecule has 6 heteroatoms. The van der Waals surface area contributed by atoms with Crippen LogP contribution in [0.25, 0.3) is 0 Å². The highest BCUT2D eigenvalue weighted by molar-refractivity contribution is 5.87. The Morgan fingerprint density at radius 2 is 1.96 bits per heavy atom. The van der Waals surface area contributed by atoms with E-state index in [1.54, 1.807) is 6.20 Å². The van der Waals surface area contributed by atoms with E-state index in [4.69, 9.17) is 0 Å². The van der Waals surface area contributed by atoms with Crippen LogP contribution >= 0.6 is 0 Å². The van der Waals surface area contributed by atoms with Gasteiger partial charge in [0.05, 0.1) is 18.6 Å². The van der Waals surface area contributed by atoms with E-state index in [1.807, 2.05) is 48.5 Å². The SMILES string of the molecule is O=C(CNC(=O)[C@@H]1CCCN1)NC(Cc1ccccn1)c1ccccc1. The second-order valence-electron chi connectivity index (χ2n) is 6.42. The Bertz CT molecular complexity index is 715. The summed E-state index contributed by atoms with van der Waals surface area (Å²) in [6, 6.07) is 15.2. The molecule has 0 bridgehead atoms. The molecule has 0 radical (unpaired) electrons. The predicted molar refractivity (Wildman–Crippen MR) is 99.3 cm³/mol. The third-order valence-electron chi connectivity index (χ3n) is 4.48. The van der Waals surface area contributed by atoms with E-state index >= 15 is 0 Å². The third kappa shape index (κ3) is 5.13. The van der Waals surface area contributed by atoms with Crippen molar-refractivity contribution in [3.63, 3.8) is 0 Å². The topological polar surface area (TPSA) is 83.1 Å². The molecule has 2 aromatic rings. The Labute approximate surface area is 153 Å². The first-order valence-corrected chi connectivity index (χ1v) is 8.97. The minimum Gasteiger partial charge on any atom is -0.347 e. The van der Waals surface area contributed by atoms with Crippen molar-refractivity contribution in [3.05, 3.63) is 66.0 Å². The lowest BCUT2D eigenvalue weighted by Gasteiger charge is -2.19. The van der Waals surface area contributed by atoms with Crippen molar-refractivity contribution in [2.75, 3.05) is 13.1 Å². The number of hydrogen-bond acceptors (Lipinski definition) is 4. The number of amides is 2. The average Bonchev–Trinajstić information content (AvgIpc) is 3.22. The zero-order valence-electron chi connectivity index (χ0n) is 14.7. The third-order valence-corrected chi connectivity index (χ3v) is 4.48. The molecule has 0 spiro atoms. The maximum Gasteiger partial charge on any atom is 0.239 e. The fraction of sp³-hybridized carbons (Fsp3) is 0.350. The fourth-order valence-electron chi connectivity index (χ4n) is 3.11. The highest BCUT2D eigenvalue weighted by Gasteiger charge is 2.22. The van der Waals surface area contributed by atoms with Crippen molar-refractivity contribution in [1.29, 1.82) is 0 Å². The van der Waals surface area contributed by atoms with Crippen molar-refractivity contribution in [3.8, 4) is 0 Å².